The van der Waals surface area contributed by atoms with E-state index >= 15 is 0 Å². The van der Waals surface area contributed by atoms with Crippen molar-refractivity contribution < 1.29 is 26.3 Å². The third-order valence-corrected chi connectivity index (χ3v) is 5.22. The maximum atomic E-state index is 13.8. The summed E-state index contributed by atoms with van der Waals surface area (Å²) in [6.45, 7) is -1.33. The van der Waals surface area contributed by atoms with E-state index in [9.17, 15) is 21.6 Å². The molecule has 0 aromatic heterocycles. The molecule has 0 saturated heterocycles. The van der Waals surface area contributed by atoms with Gasteiger partial charge in [-0.3, -0.25) is 0 Å². The summed E-state index contributed by atoms with van der Waals surface area (Å²) >= 11 is 3.11. The number of ether oxygens (including phenoxy) is 1. The van der Waals surface area contributed by atoms with Crippen LogP contribution in [0.5, 0.6) is 5.75 Å². The van der Waals surface area contributed by atoms with Crippen LogP contribution in [0.2, 0.25) is 0 Å². The maximum absolute atomic E-state index is 13.8. The molecule has 0 heterocycles. The van der Waals surface area contributed by atoms with Crippen molar-refractivity contribution in [3.63, 3.8) is 0 Å². The molecular weight excluding hydrogens is 423 g/mol. The minimum Gasteiger partial charge on any atom is -0.435 e. The third-order valence-electron chi connectivity index (χ3n) is 3.32. The molecule has 0 spiro atoms. The Kier molecular flexibility index (Phi) is 6.47. The molecule has 0 aliphatic rings. The van der Waals surface area contributed by atoms with Gasteiger partial charge in [0, 0.05) is 16.1 Å². The summed E-state index contributed by atoms with van der Waals surface area (Å²) in [5.74, 6) is -1.16. The minimum absolute atomic E-state index is 0.0225. The first-order valence-corrected chi connectivity index (χ1v) is 9.59. The van der Waals surface area contributed by atoms with Crippen molar-refractivity contribution >= 4 is 26.0 Å². The van der Waals surface area contributed by atoms with Gasteiger partial charge in [0.15, 0.2) is 0 Å². The first-order valence-electron chi connectivity index (χ1n) is 7.15. The second-order valence-electron chi connectivity index (χ2n) is 5.28. The number of nitrogens with one attached hydrogen (secondary N) is 1. The van der Waals surface area contributed by atoms with Gasteiger partial charge < -0.3 is 4.74 Å². The molecule has 0 radical (unpaired) electrons. The number of hydrogen-bond donors (Lipinski definition) is 1. The molecule has 0 unspecified atom stereocenters. The quantitative estimate of drug-likeness (QED) is 0.699. The first-order chi connectivity index (χ1) is 11.7. The maximum Gasteiger partial charge on any atom is 0.387 e. The van der Waals surface area contributed by atoms with Crippen LogP contribution in [-0.4, -0.2) is 15.0 Å². The van der Waals surface area contributed by atoms with Crippen molar-refractivity contribution in [3.8, 4) is 5.75 Å². The lowest BCUT2D eigenvalue weighted by atomic mass is 10.1. The van der Waals surface area contributed by atoms with Gasteiger partial charge in [-0.1, -0.05) is 34.1 Å². The van der Waals surface area contributed by atoms with Gasteiger partial charge in [-0.05, 0) is 36.8 Å². The second-order valence-corrected chi connectivity index (χ2v) is 7.95. The summed E-state index contributed by atoms with van der Waals surface area (Å²) in [4.78, 5) is 0. The van der Waals surface area contributed by atoms with E-state index in [1.54, 1.807) is 13.0 Å². The van der Waals surface area contributed by atoms with Gasteiger partial charge in [0.05, 0.1) is 5.75 Å². The molecule has 1 atom stereocenters. The molecule has 2 rings (SSSR count). The summed E-state index contributed by atoms with van der Waals surface area (Å²) in [5, 5.41) is 0. The van der Waals surface area contributed by atoms with Crippen LogP contribution in [0, 0.1) is 5.82 Å². The average Bonchev–Trinajstić information content (AvgIpc) is 2.49. The van der Waals surface area contributed by atoms with Gasteiger partial charge in [-0.2, -0.15) is 8.78 Å². The predicted octanol–water partition coefficient (Wildman–Crippen LogP) is 4.37. The van der Waals surface area contributed by atoms with Crippen molar-refractivity contribution in [1.82, 2.24) is 4.72 Å². The summed E-state index contributed by atoms with van der Waals surface area (Å²) in [5.41, 5.74) is 0.602. The van der Waals surface area contributed by atoms with Crippen molar-refractivity contribution in [2.75, 3.05) is 0 Å². The van der Waals surface area contributed by atoms with Crippen LogP contribution in [0.15, 0.2) is 46.9 Å². The predicted molar refractivity (Wildman–Crippen MR) is 91.3 cm³/mol. The van der Waals surface area contributed by atoms with Gasteiger partial charge in [0.25, 0.3) is 0 Å². The van der Waals surface area contributed by atoms with E-state index in [1.807, 2.05) is 0 Å². The van der Waals surface area contributed by atoms with Gasteiger partial charge in [-0.15, -0.1) is 0 Å². The molecule has 2 aromatic rings. The van der Waals surface area contributed by atoms with Gasteiger partial charge in [0.2, 0.25) is 10.0 Å². The lowest BCUT2D eigenvalue weighted by Crippen LogP contribution is -2.28. The van der Waals surface area contributed by atoms with E-state index in [0.29, 0.717) is 10.0 Å². The molecule has 9 heteroatoms. The lowest BCUT2D eigenvalue weighted by Gasteiger charge is -2.15. The third kappa shape index (κ3) is 6.02. The molecule has 136 valence electrons. The van der Waals surface area contributed by atoms with E-state index < -0.39 is 34.2 Å². The van der Waals surface area contributed by atoms with Gasteiger partial charge in [0.1, 0.15) is 11.6 Å². The Hall–Kier alpha value is -1.58. The van der Waals surface area contributed by atoms with Crippen LogP contribution in [0.4, 0.5) is 13.2 Å². The zero-order valence-corrected chi connectivity index (χ0v) is 15.5. The fourth-order valence-electron chi connectivity index (χ4n) is 2.16. The molecule has 0 aliphatic carbocycles. The topological polar surface area (TPSA) is 55.4 Å². The van der Waals surface area contributed by atoms with E-state index in [0.717, 1.165) is 0 Å². The highest BCUT2D eigenvalue weighted by Crippen LogP contribution is 2.21. The number of sulfonamides is 1. The van der Waals surface area contributed by atoms with Gasteiger partial charge in [-0.25, -0.2) is 17.5 Å². The van der Waals surface area contributed by atoms with Crippen LogP contribution in [-0.2, 0) is 15.8 Å². The van der Waals surface area contributed by atoms with Crippen LogP contribution < -0.4 is 9.46 Å². The number of hydrogen-bond acceptors (Lipinski definition) is 3. The van der Waals surface area contributed by atoms with Crippen molar-refractivity contribution in [2.45, 2.75) is 25.3 Å². The summed E-state index contributed by atoms with van der Waals surface area (Å²) in [7, 11) is -3.80. The largest absolute Gasteiger partial charge is 0.435 e. The van der Waals surface area contributed by atoms with Crippen LogP contribution in [0.1, 0.15) is 24.1 Å². The fourth-order valence-corrected chi connectivity index (χ4v) is 3.90. The number of rotatable bonds is 7. The summed E-state index contributed by atoms with van der Waals surface area (Å²) in [6.07, 6.45) is 0. The zero-order chi connectivity index (χ0) is 18.6. The van der Waals surface area contributed by atoms with Gasteiger partial charge >= 0.3 is 6.61 Å². The smallest absolute Gasteiger partial charge is 0.387 e. The standard InChI is InChI=1S/C16H15BrF3NO3S/c1-10(11-3-6-14(7-4-11)24-16(19)20)21-25(22,23)9-12-2-5-13(17)8-15(12)18/h2-8,10,16,21H,9H2,1H3/t10-/m1/s1. The molecule has 4 nitrogen and oxygen atoms in total. The minimum atomic E-state index is -3.80. The highest BCUT2D eigenvalue weighted by molar-refractivity contribution is 9.10. The Morgan fingerprint density at radius 2 is 1.80 bits per heavy atom. The number of halogens is 4. The average molecular weight is 438 g/mol. The Labute approximate surface area is 152 Å². The molecular formula is C16H15BrF3NO3S. The Balaban J connectivity index is 2.06. The van der Waals surface area contributed by atoms with E-state index in [1.165, 1.54) is 36.4 Å². The molecule has 1 N–H and O–H groups in total. The molecule has 0 aliphatic heterocycles. The molecule has 0 bridgehead atoms. The van der Waals surface area contributed by atoms with Crippen molar-refractivity contribution in [3.05, 3.63) is 63.9 Å². The highest BCUT2D eigenvalue weighted by Gasteiger charge is 2.19. The summed E-state index contributed by atoms with van der Waals surface area (Å²) < 4.78 is 69.6. The molecule has 25 heavy (non-hydrogen) atoms. The Bertz CT molecular complexity index is 829. The first kappa shape index (κ1) is 19.7. The van der Waals surface area contributed by atoms with Crippen LogP contribution in [0.25, 0.3) is 0 Å². The van der Waals surface area contributed by atoms with E-state index in [2.05, 4.69) is 25.4 Å². The fraction of sp³-hybridized carbons (Fsp3) is 0.250. The lowest BCUT2D eigenvalue weighted by molar-refractivity contribution is -0.0498. The molecule has 2 aromatic carbocycles. The molecule has 0 saturated carbocycles. The van der Waals surface area contributed by atoms with Crippen LogP contribution >= 0.6 is 15.9 Å². The second kappa shape index (κ2) is 8.20. The Morgan fingerprint density at radius 1 is 1.16 bits per heavy atom. The highest BCUT2D eigenvalue weighted by atomic mass is 79.9. The normalized spacial score (nSPS) is 13.0. The molecule has 0 fully saturated rings. The van der Waals surface area contributed by atoms with E-state index in [-0.39, 0.29) is 11.3 Å². The molecule has 0 amide bonds. The van der Waals surface area contributed by atoms with E-state index in [4.69, 9.17) is 0 Å². The SMILES string of the molecule is C[C@@H](NS(=O)(=O)Cc1ccc(Br)cc1F)c1ccc(OC(F)F)cc1. The number of benzene rings is 2. The zero-order valence-electron chi connectivity index (χ0n) is 13.0. The van der Waals surface area contributed by atoms with Crippen molar-refractivity contribution in [2.24, 2.45) is 0 Å². The monoisotopic (exact) mass is 437 g/mol. The van der Waals surface area contributed by atoms with Crippen LogP contribution in [0.3, 0.4) is 0 Å². The van der Waals surface area contributed by atoms with Crippen molar-refractivity contribution in [1.29, 1.82) is 0 Å². The Morgan fingerprint density at radius 3 is 2.36 bits per heavy atom. The number of alkyl halides is 2. The summed E-state index contributed by atoms with van der Waals surface area (Å²) in [6, 6.07) is 9.11.